The largest absolute Gasteiger partial charge is 0.352 e. The monoisotopic (exact) mass is 273 g/mol. The van der Waals surface area contributed by atoms with Crippen molar-refractivity contribution in [3.8, 4) is 0 Å². The molecular weight excluding hydrogens is 258 g/mol. The van der Waals surface area contributed by atoms with Crippen molar-refractivity contribution in [1.29, 1.82) is 0 Å². The van der Waals surface area contributed by atoms with Crippen molar-refractivity contribution in [1.82, 2.24) is 15.1 Å². The standard InChI is InChI=1S/C10H16BrN3O/c1-7(4-11)5-12-10(15)9-6-13-14(3)8(9)2/h6-7H,4-5H2,1-3H3,(H,12,15). The van der Waals surface area contributed by atoms with Crippen molar-refractivity contribution < 1.29 is 4.79 Å². The number of nitrogens with zero attached hydrogens (tertiary/aromatic N) is 2. The first-order valence-electron chi connectivity index (χ1n) is 4.89. The lowest BCUT2D eigenvalue weighted by Crippen LogP contribution is -2.29. The summed E-state index contributed by atoms with van der Waals surface area (Å²) < 4.78 is 1.70. The van der Waals surface area contributed by atoms with Crippen LogP contribution in [-0.4, -0.2) is 27.6 Å². The Labute approximate surface area is 98.2 Å². The number of aromatic nitrogens is 2. The number of aryl methyl sites for hydroxylation is 1. The molecule has 5 heteroatoms. The number of alkyl halides is 1. The van der Waals surface area contributed by atoms with Crippen LogP contribution < -0.4 is 5.32 Å². The van der Waals surface area contributed by atoms with Crippen LogP contribution in [0.5, 0.6) is 0 Å². The van der Waals surface area contributed by atoms with Crippen LogP contribution in [0.4, 0.5) is 0 Å². The summed E-state index contributed by atoms with van der Waals surface area (Å²) in [5, 5.41) is 7.80. The van der Waals surface area contributed by atoms with E-state index in [1.54, 1.807) is 10.9 Å². The fourth-order valence-electron chi connectivity index (χ4n) is 1.14. The van der Waals surface area contributed by atoms with Crippen LogP contribution in [0.2, 0.25) is 0 Å². The molecule has 1 aromatic rings. The summed E-state index contributed by atoms with van der Waals surface area (Å²) in [4.78, 5) is 11.7. The van der Waals surface area contributed by atoms with E-state index in [4.69, 9.17) is 0 Å². The van der Waals surface area contributed by atoms with Crippen molar-refractivity contribution in [2.75, 3.05) is 11.9 Å². The Balaban J connectivity index is 2.58. The van der Waals surface area contributed by atoms with E-state index in [0.29, 0.717) is 18.0 Å². The van der Waals surface area contributed by atoms with Gasteiger partial charge in [-0.3, -0.25) is 9.48 Å². The first kappa shape index (κ1) is 12.2. The molecule has 15 heavy (non-hydrogen) atoms. The van der Waals surface area contributed by atoms with Crippen LogP contribution in [0.25, 0.3) is 0 Å². The molecule has 0 spiro atoms. The van der Waals surface area contributed by atoms with Gasteiger partial charge in [-0.25, -0.2) is 0 Å². The molecule has 1 N–H and O–H groups in total. The maximum atomic E-state index is 11.7. The van der Waals surface area contributed by atoms with Crippen LogP contribution in [0.1, 0.15) is 23.0 Å². The van der Waals surface area contributed by atoms with E-state index in [-0.39, 0.29) is 5.91 Å². The third kappa shape index (κ3) is 3.06. The minimum atomic E-state index is -0.0478. The molecule has 1 atom stereocenters. The van der Waals surface area contributed by atoms with Crippen LogP contribution in [0, 0.1) is 12.8 Å². The van der Waals surface area contributed by atoms with Crippen molar-refractivity contribution >= 4 is 21.8 Å². The van der Waals surface area contributed by atoms with Crippen molar-refractivity contribution in [3.05, 3.63) is 17.5 Å². The second-order valence-electron chi connectivity index (χ2n) is 3.74. The Morgan fingerprint density at radius 1 is 1.73 bits per heavy atom. The summed E-state index contributed by atoms with van der Waals surface area (Å²) in [5.41, 5.74) is 1.54. The van der Waals surface area contributed by atoms with Crippen molar-refractivity contribution in [2.24, 2.45) is 13.0 Å². The zero-order chi connectivity index (χ0) is 11.4. The number of halogens is 1. The van der Waals surface area contributed by atoms with Crippen LogP contribution >= 0.6 is 15.9 Å². The highest BCUT2D eigenvalue weighted by atomic mass is 79.9. The van der Waals surface area contributed by atoms with Crippen LogP contribution in [0.15, 0.2) is 6.20 Å². The van der Waals surface area contributed by atoms with Gasteiger partial charge in [0.05, 0.1) is 11.8 Å². The van der Waals surface area contributed by atoms with Crippen molar-refractivity contribution in [3.63, 3.8) is 0 Å². The molecule has 0 saturated carbocycles. The number of amides is 1. The average molecular weight is 274 g/mol. The highest BCUT2D eigenvalue weighted by Crippen LogP contribution is 2.05. The zero-order valence-corrected chi connectivity index (χ0v) is 10.8. The Kier molecular flexibility index (Phi) is 4.32. The summed E-state index contributed by atoms with van der Waals surface area (Å²) in [5.74, 6) is 0.388. The lowest BCUT2D eigenvalue weighted by molar-refractivity contribution is 0.0948. The van der Waals surface area contributed by atoms with Crippen LogP contribution in [-0.2, 0) is 7.05 Å². The van der Waals surface area contributed by atoms with E-state index in [0.717, 1.165) is 11.0 Å². The molecule has 0 fully saturated rings. The molecular formula is C10H16BrN3O. The lowest BCUT2D eigenvalue weighted by Gasteiger charge is -2.08. The molecule has 0 aliphatic carbocycles. The highest BCUT2D eigenvalue weighted by Gasteiger charge is 2.12. The van der Waals surface area contributed by atoms with E-state index in [9.17, 15) is 4.79 Å². The highest BCUT2D eigenvalue weighted by molar-refractivity contribution is 9.09. The smallest absolute Gasteiger partial charge is 0.254 e. The first-order valence-corrected chi connectivity index (χ1v) is 6.01. The van der Waals surface area contributed by atoms with Gasteiger partial charge in [-0.05, 0) is 12.8 Å². The Bertz CT molecular complexity index is 348. The molecule has 1 rings (SSSR count). The molecule has 1 aromatic heterocycles. The van der Waals surface area contributed by atoms with Gasteiger partial charge in [0.25, 0.3) is 5.91 Å². The molecule has 84 valence electrons. The SMILES string of the molecule is Cc1c(C(=O)NCC(C)CBr)cnn1C. The first-order chi connectivity index (χ1) is 7.06. The van der Waals surface area contributed by atoms with E-state index >= 15 is 0 Å². The fourth-order valence-corrected chi connectivity index (χ4v) is 1.37. The van der Waals surface area contributed by atoms with Gasteiger partial charge < -0.3 is 5.32 Å². The molecule has 1 heterocycles. The maximum Gasteiger partial charge on any atom is 0.254 e. The molecule has 4 nitrogen and oxygen atoms in total. The van der Waals surface area contributed by atoms with Gasteiger partial charge in [0.15, 0.2) is 0 Å². The molecule has 0 radical (unpaired) electrons. The quantitative estimate of drug-likeness (QED) is 0.845. The average Bonchev–Trinajstić information content (AvgIpc) is 2.56. The van der Waals surface area contributed by atoms with E-state index in [2.05, 4.69) is 33.3 Å². The Morgan fingerprint density at radius 3 is 2.87 bits per heavy atom. The molecule has 0 bridgehead atoms. The minimum Gasteiger partial charge on any atom is -0.352 e. The number of nitrogens with one attached hydrogen (secondary N) is 1. The van der Waals surface area contributed by atoms with Gasteiger partial charge in [-0.1, -0.05) is 22.9 Å². The third-order valence-electron chi connectivity index (χ3n) is 2.35. The van der Waals surface area contributed by atoms with Gasteiger partial charge in [-0.15, -0.1) is 0 Å². The fraction of sp³-hybridized carbons (Fsp3) is 0.600. The summed E-state index contributed by atoms with van der Waals surface area (Å²) in [6, 6.07) is 0. The van der Waals surface area contributed by atoms with Gasteiger partial charge >= 0.3 is 0 Å². The molecule has 0 aromatic carbocycles. The number of rotatable bonds is 4. The number of carbonyl (C=O) groups is 1. The van der Waals surface area contributed by atoms with Gasteiger partial charge in [-0.2, -0.15) is 5.10 Å². The molecule has 1 amide bonds. The predicted molar refractivity (Wildman–Crippen MR) is 63.2 cm³/mol. The molecule has 0 aliphatic rings. The lowest BCUT2D eigenvalue weighted by atomic mass is 10.2. The summed E-state index contributed by atoms with van der Waals surface area (Å²) in [7, 11) is 1.83. The van der Waals surface area contributed by atoms with Gasteiger partial charge in [0.1, 0.15) is 0 Å². The number of carbonyl (C=O) groups excluding carboxylic acids is 1. The van der Waals surface area contributed by atoms with Crippen molar-refractivity contribution in [2.45, 2.75) is 13.8 Å². The summed E-state index contributed by atoms with van der Waals surface area (Å²) >= 11 is 3.37. The van der Waals surface area contributed by atoms with E-state index < -0.39 is 0 Å². The Hall–Kier alpha value is -0.840. The second-order valence-corrected chi connectivity index (χ2v) is 4.38. The maximum absolute atomic E-state index is 11.7. The topological polar surface area (TPSA) is 46.9 Å². The van der Waals surface area contributed by atoms with E-state index in [1.165, 1.54) is 0 Å². The molecule has 0 aliphatic heterocycles. The number of hydrogen-bond donors (Lipinski definition) is 1. The van der Waals surface area contributed by atoms with Gasteiger partial charge in [0, 0.05) is 24.6 Å². The zero-order valence-electron chi connectivity index (χ0n) is 9.25. The van der Waals surface area contributed by atoms with Crippen LogP contribution in [0.3, 0.4) is 0 Å². The van der Waals surface area contributed by atoms with E-state index in [1.807, 2.05) is 14.0 Å². The second kappa shape index (κ2) is 5.30. The normalized spacial score (nSPS) is 12.5. The third-order valence-corrected chi connectivity index (χ3v) is 3.46. The summed E-state index contributed by atoms with van der Waals surface area (Å²) in [6.45, 7) is 4.64. The molecule has 1 unspecified atom stereocenters. The number of hydrogen-bond acceptors (Lipinski definition) is 2. The molecule has 0 saturated heterocycles. The minimum absolute atomic E-state index is 0.0478. The van der Waals surface area contributed by atoms with Gasteiger partial charge in [0.2, 0.25) is 0 Å². The predicted octanol–water partition coefficient (Wildman–Crippen LogP) is 1.49. The Morgan fingerprint density at radius 2 is 2.40 bits per heavy atom. The summed E-state index contributed by atoms with van der Waals surface area (Å²) in [6.07, 6.45) is 1.60.